The van der Waals surface area contributed by atoms with Gasteiger partial charge in [-0.15, -0.1) is 0 Å². The van der Waals surface area contributed by atoms with E-state index in [1.54, 1.807) is 0 Å². The van der Waals surface area contributed by atoms with Crippen molar-refractivity contribution in [2.45, 2.75) is 62.8 Å². The highest BCUT2D eigenvalue weighted by Crippen LogP contribution is 2.26. The van der Waals surface area contributed by atoms with E-state index >= 15 is 0 Å². The summed E-state index contributed by atoms with van der Waals surface area (Å²) in [4.78, 5) is 0. The van der Waals surface area contributed by atoms with Crippen LogP contribution in [0.3, 0.4) is 0 Å². The number of hydrogen-bond acceptors (Lipinski definition) is 5. The zero-order chi connectivity index (χ0) is 15.3. The third-order valence-corrected chi connectivity index (χ3v) is 5.12. The van der Waals surface area contributed by atoms with Crippen molar-refractivity contribution in [1.29, 1.82) is 0 Å². The lowest BCUT2D eigenvalue weighted by molar-refractivity contribution is 0.00296. The largest absolute Gasteiger partial charge is 0.389 e. The molecule has 0 aromatic heterocycles. The summed E-state index contributed by atoms with van der Waals surface area (Å²) < 4.78 is 10.9. The number of ether oxygens (including phenoxy) is 2. The van der Waals surface area contributed by atoms with E-state index in [1.807, 2.05) is 11.8 Å². The molecule has 1 aliphatic rings. The predicted molar refractivity (Wildman–Crippen MR) is 90.1 cm³/mol. The third kappa shape index (κ3) is 9.04. The maximum atomic E-state index is 9.94. The molecule has 0 aliphatic heterocycles. The Balaban J connectivity index is 1.99. The molecule has 3 unspecified atom stereocenters. The number of aliphatic hydroxyl groups excluding tert-OH is 1. The molecule has 0 heterocycles. The molecule has 1 fully saturated rings. The van der Waals surface area contributed by atoms with Gasteiger partial charge in [-0.2, -0.15) is 11.8 Å². The summed E-state index contributed by atoms with van der Waals surface area (Å²) in [6.07, 6.45) is 9.18. The van der Waals surface area contributed by atoms with Crippen LogP contribution in [0.1, 0.15) is 45.4 Å². The second-order valence-corrected chi connectivity index (χ2v) is 6.84. The molecule has 2 N–H and O–H groups in total. The number of unbranched alkanes of at least 4 members (excludes halogenated alkanes) is 1. The van der Waals surface area contributed by atoms with E-state index in [1.165, 1.54) is 25.7 Å². The molecule has 5 heteroatoms. The van der Waals surface area contributed by atoms with Gasteiger partial charge in [-0.1, -0.05) is 26.2 Å². The molecule has 0 aromatic rings. The number of thioether (sulfide) groups is 1. The van der Waals surface area contributed by atoms with Gasteiger partial charge in [0.2, 0.25) is 0 Å². The van der Waals surface area contributed by atoms with Crippen molar-refractivity contribution in [2.24, 2.45) is 0 Å². The highest BCUT2D eigenvalue weighted by Gasteiger charge is 2.24. The Bertz CT molecular complexity index is 244. The van der Waals surface area contributed by atoms with Gasteiger partial charge in [-0.05, 0) is 25.5 Å². The van der Waals surface area contributed by atoms with E-state index in [2.05, 4.69) is 18.5 Å². The molecule has 0 amide bonds. The monoisotopic (exact) mass is 319 g/mol. The fourth-order valence-corrected chi connectivity index (χ4v) is 3.61. The molecular formula is C16H33NO3S. The van der Waals surface area contributed by atoms with Crippen LogP contribution in [0.4, 0.5) is 0 Å². The topological polar surface area (TPSA) is 50.7 Å². The van der Waals surface area contributed by atoms with Gasteiger partial charge in [0.1, 0.15) is 0 Å². The molecule has 4 nitrogen and oxygen atoms in total. The molecule has 0 aromatic carbocycles. The van der Waals surface area contributed by atoms with Crippen molar-refractivity contribution in [3.63, 3.8) is 0 Å². The fraction of sp³-hybridized carbons (Fsp3) is 1.00. The number of hydrogen-bond donors (Lipinski definition) is 2. The van der Waals surface area contributed by atoms with E-state index < -0.39 is 6.10 Å². The van der Waals surface area contributed by atoms with Crippen LogP contribution in [-0.2, 0) is 9.47 Å². The van der Waals surface area contributed by atoms with Crippen LogP contribution >= 0.6 is 11.8 Å². The zero-order valence-corrected chi connectivity index (χ0v) is 14.5. The highest BCUT2D eigenvalue weighted by atomic mass is 32.2. The SMILES string of the molecule is CCCCOCCOCC(O)CNC1CCCCC1SC. The Morgan fingerprint density at radius 1 is 1.19 bits per heavy atom. The van der Waals surface area contributed by atoms with Gasteiger partial charge in [0.05, 0.1) is 25.9 Å². The van der Waals surface area contributed by atoms with Crippen LogP contribution in [0.15, 0.2) is 0 Å². The first-order valence-electron chi connectivity index (χ1n) is 8.37. The van der Waals surface area contributed by atoms with E-state index in [0.29, 0.717) is 37.7 Å². The highest BCUT2D eigenvalue weighted by molar-refractivity contribution is 7.99. The standard InChI is InChI=1S/C16H33NO3S/c1-3-4-9-19-10-11-20-13-14(18)12-17-15-7-5-6-8-16(15)21-2/h14-18H,3-13H2,1-2H3. The van der Waals surface area contributed by atoms with Crippen molar-refractivity contribution in [3.8, 4) is 0 Å². The van der Waals surface area contributed by atoms with Gasteiger partial charge in [0.25, 0.3) is 0 Å². The van der Waals surface area contributed by atoms with E-state index in [4.69, 9.17) is 9.47 Å². The molecule has 21 heavy (non-hydrogen) atoms. The quantitative estimate of drug-likeness (QED) is 0.541. The smallest absolute Gasteiger partial charge is 0.0897 e. The molecule has 0 spiro atoms. The van der Waals surface area contributed by atoms with Crippen molar-refractivity contribution in [3.05, 3.63) is 0 Å². The Labute approximate surface area is 134 Å². The molecule has 0 bridgehead atoms. The summed E-state index contributed by atoms with van der Waals surface area (Å²) >= 11 is 1.94. The second kappa shape index (κ2) is 12.7. The molecule has 1 rings (SSSR count). The molecule has 0 radical (unpaired) electrons. The van der Waals surface area contributed by atoms with Crippen LogP contribution in [0.5, 0.6) is 0 Å². The summed E-state index contributed by atoms with van der Waals surface area (Å²) in [5.41, 5.74) is 0. The van der Waals surface area contributed by atoms with Crippen molar-refractivity contribution in [2.75, 3.05) is 39.2 Å². The van der Waals surface area contributed by atoms with Gasteiger partial charge < -0.3 is 19.9 Å². The molecular weight excluding hydrogens is 286 g/mol. The summed E-state index contributed by atoms with van der Waals surface area (Å²) in [5.74, 6) is 0. The number of rotatable bonds is 12. The average Bonchev–Trinajstić information content (AvgIpc) is 2.52. The molecule has 1 saturated carbocycles. The lowest BCUT2D eigenvalue weighted by atomic mass is 9.95. The van der Waals surface area contributed by atoms with E-state index in [0.717, 1.165) is 19.4 Å². The molecule has 0 saturated heterocycles. The summed E-state index contributed by atoms with van der Waals surface area (Å²) in [5, 5.41) is 14.1. The van der Waals surface area contributed by atoms with Crippen LogP contribution in [0.25, 0.3) is 0 Å². The van der Waals surface area contributed by atoms with Gasteiger partial charge in [0.15, 0.2) is 0 Å². The normalized spacial score (nSPS) is 24.1. The Kier molecular flexibility index (Phi) is 11.6. The van der Waals surface area contributed by atoms with Crippen LogP contribution < -0.4 is 5.32 Å². The Hall–Kier alpha value is 0.190. The summed E-state index contributed by atoms with van der Waals surface area (Å²) in [7, 11) is 0. The zero-order valence-electron chi connectivity index (χ0n) is 13.7. The minimum Gasteiger partial charge on any atom is -0.389 e. The minimum atomic E-state index is -0.426. The molecule has 1 aliphatic carbocycles. The van der Waals surface area contributed by atoms with Crippen LogP contribution in [0, 0.1) is 0 Å². The number of nitrogens with one attached hydrogen (secondary N) is 1. The van der Waals surface area contributed by atoms with Crippen LogP contribution in [-0.4, -0.2) is 61.7 Å². The molecule has 126 valence electrons. The maximum Gasteiger partial charge on any atom is 0.0897 e. The number of aliphatic hydroxyl groups is 1. The van der Waals surface area contributed by atoms with Gasteiger partial charge in [-0.3, -0.25) is 0 Å². The van der Waals surface area contributed by atoms with Crippen molar-refractivity contribution >= 4 is 11.8 Å². The first-order chi connectivity index (χ1) is 10.3. The van der Waals surface area contributed by atoms with Gasteiger partial charge >= 0.3 is 0 Å². The summed E-state index contributed by atoms with van der Waals surface area (Å²) in [6, 6.07) is 0.542. The van der Waals surface area contributed by atoms with Crippen molar-refractivity contribution < 1.29 is 14.6 Å². The average molecular weight is 320 g/mol. The van der Waals surface area contributed by atoms with Gasteiger partial charge in [0, 0.05) is 24.4 Å². The lowest BCUT2D eigenvalue weighted by Crippen LogP contribution is -2.44. The molecule has 3 atom stereocenters. The van der Waals surface area contributed by atoms with Crippen LogP contribution in [0.2, 0.25) is 0 Å². The Morgan fingerprint density at radius 2 is 1.95 bits per heavy atom. The Morgan fingerprint density at radius 3 is 2.71 bits per heavy atom. The van der Waals surface area contributed by atoms with E-state index in [9.17, 15) is 5.11 Å². The first kappa shape index (κ1) is 19.2. The predicted octanol–water partition coefficient (Wildman–Crippen LogP) is 2.44. The van der Waals surface area contributed by atoms with Crippen molar-refractivity contribution in [1.82, 2.24) is 5.32 Å². The fourth-order valence-electron chi connectivity index (χ4n) is 2.64. The first-order valence-corrected chi connectivity index (χ1v) is 9.66. The second-order valence-electron chi connectivity index (χ2n) is 5.77. The van der Waals surface area contributed by atoms with E-state index in [-0.39, 0.29) is 0 Å². The minimum absolute atomic E-state index is 0.390. The third-order valence-electron chi connectivity index (χ3n) is 3.95. The lowest BCUT2D eigenvalue weighted by Gasteiger charge is -2.31. The maximum absolute atomic E-state index is 9.94. The summed E-state index contributed by atoms with van der Waals surface area (Å²) in [6.45, 7) is 5.16. The van der Waals surface area contributed by atoms with Gasteiger partial charge in [-0.25, -0.2) is 0 Å².